The zero-order chi connectivity index (χ0) is 18.9. The van der Waals surface area contributed by atoms with Crippen molar-refractivity contribution in [3.05, 3.63) is 77.0 Å². The van der Waals surface area contributed by atoms with Gasteiger partial charge in [-0.2, -0.15) is 11.3 Å². The number of rotatable bonds is 8. The van der Waals surface area contributed by atoms with Crippen molar-refractivity contribution in [2.24, 2.45) is 0 Å². The molecule has 0 unspecified atom stereocenters. The smallest absolute Gasteiger partial charge is 0.252 e. The number of carbonyl (C=O) groups excluding carboxylic acids is 2. The van der Waals surface area contributed by atoms with Crippen LogP contribution >= 0.6 is 23.1 Å². The Labute approximate surface area is 167 Å². The van der Waals surface area contributed by atoms with E-state index < -0.39 is 0 Å². The average Bonchev–Trinajstić information content (AvgIpc) is 3.22. The fraction of sp³-hybridized carbons (Fsp3) is 0.143. The van der Waals surface area contributed by atoms with Gasteiger partial charge in [0, 0.05) is 33.7 Å². The van der Waals surface area contributed by atoms with E-state index in [0.717, 1.165) is 15.5 Å². The van der Waals surface area contributed by atoms with Gasteiger partial charge in [0.2, 0.25) is 5.91 Å². The largest absolute Gasteiger partial charge is 0.352 e. The minimum Gasteiger partial charge on any atom is -0.352 e. The molecule has 0 fully saturated rings. The maximum atomic E-state index is 12.3. The summed E-state index contributed by atoms with van der Waals surface area (Å²) in [6, 6.07) is 19.6. The van der Waals surface area contributed by atoms with Gasteiger partial charge in [0.1, 0.15) is 0 Å². The van der Waals surface area contributed by atoms with Gasteiger partial charge < -0.3 is 10.6 Å². The first-order valence-electron chi connectivity index (χ1n) is 8.64. The van der Waals surface area contributed by atoms with Crippen LogP contribution < -0.4 is 10.6 Å². The fourth-order valence-corrected chi connectivity index (χ4v) is 3.99. The Morgan fingerprint density at radius 2 is 1.74 bits per heavy atom. The predicted molar refractivity (Wildman–Crippen MR) is 112 cm³/mol. The van der Waals surface area contributed by atoms with Gasteiger partial charge in [0.05, 0.1) is 5.69 Å². The Kier molecular flexibility index (Phi) is 7.07. The van der Waals surface area contributed by atoms with Crippen molar-refractivity contribution in [3.8, 4) is 0 Å². The van der Waals surface area contributed by atoms with Crippen LogP contribution in [0.3, 0.4) is 0 Å². The molecule has 0 bridgehead atoms. The highest BCUT2D eigenvalue weighted by atomic mass is 32.2. The van der Waals surface area contributed by atoms with Crippen LogP contribution in [-0.2, 0) is 4.79 Å². The molecule has 0 aliphatic rings. The first kappa shape index (κ1) is 19.2. The molecule has 2 amide bonds. The number of carbonyl (C=O) groups is 2. The maximum absolute atomic E-state index is 12.3. The zero-order valence-electron chi connectivity index (χ0n) is 14.7. The molecule has 1 aromatic heterocycles. The van der Waals surface area contributed by atoms with Gasteiger partial charge in [0.25, 0.3) is 5.91 Å². The van der Waals surface area contributed by atoms with Crippen molar-refractivity contribution in [3.63, 3.8) is 0 Å². The summed E-state index contributed by atoms with van der Waals surface area (Å²) in [5.41, 5.74) is 1.47. The Morgan fingerprint density at radius 1 is 0.963 bits per heavy atom. The summed E-state index contributed by atoms with van der Waals surface area (Å²) in [4.78, 5) is 26.2. The maximum Gasteiger partial charge on any atom is 0.252 e. The molecule has 0 saturated carbocycles. The van der Waals surface area contributed by atoms with Crippen LogP contribution in [0.2, 0.25) is 0 Å². The van der Waals surface area contributed by atoms with Gasteiger partial charge in [-0.25, -0.2) is 0 Å². The molecular formula is C21H20N2O2S2. The van der Waals surface area contributed by atoms with Crippen molar-refractivity contribution in [1.29, 1.82) is 0 Å². The minimum atomic E-state index is -0.0961. The number of nitrogens with one attached hydrogen (secondary N) is 2. The van der Waals surface area contributed by atoms with Crippen LogP contribution in [0.15, 0.2) is 81.2 Å². The average molecular weight is 397 g/mol. The number of para-hydroxylation sites is 1. The highest BCUT2D eigenvalue weighted by Gasteiger charge is 2.09. The number of anilines is 1. The van der Waals surface area contributed by atoms with Crippen LogP contribution in [0, 0.1) is 0 Å². The van der Waals surface area contributed by atoms with E-state index in [4.69, 9.17) is 0 Å². The fourth-order valence-electron chi connectivity index (χ4n) is 2.43. The molecular weight excluding hydrogens is 376 g/mol. The van der Waals surface area contributed by atoms with Gasteiger partial charge in [-0.05, 0) is 42.1 Å². The first-order valence-corrected chi connectivity index (χ1v) is 10.4. The summed E-state index contributed by atoms with van der Waals surface area (Å²) in [5, 5.41) is 9.48. The summed E-state index contributed by atoms with van der Waals surface area (Å²) in [7, 11) is 0. The van der Waals surface area contributed by atoms with Crippen molar-refractivity contribution in [1.82, 2.24) is 5.32 Å². The standard InChI is InChI=1S/C21H20N2O2S2/c24-20(11-6-13-22-21(25)16-12-14-26-15-16)23-18-9-4-5-10-19(18)27-17-7-2-1-3-8-17/h1-5,7-10,12,14-15H,6,11,13H2,(H,22,25)(H,23,24). The molecule has 2 N–H and O–H groups in total. The molecule has 138 valence electrons. The monoisotopic (exact) mass is 396 g/mol. The number of amides is 2. The van der Waals surface area contributed by atoms with E-state index in [2.05, 4.69) is 10.6 Å². The molecule has 1 heterocycles. The van der Waals surface area contributed by atoms with Gasteiger partial charge in [0.15, 0.2) is 0 Å². The molecule has 2 aromatic carbocycles. The Hall–Kier alpha value is -2.57. The van der Waals surface area contributed by atoms with Crippen LogP contribution in [0.25, 0.3) is 0 Å². The van der Waals surface area contributed by atoms with E-state index in [-0.39, 0.29) is 11.8 Å². The summed E-state index contributed by atoms with van der Waals surface area (Å²) in [6.07, 6.45) is 0.948. The number of hydrogen-bond acceptors (Lipinski definition) is 4. The van der Waals surface area contributed by atoms with Crippen molar-refractivity contribution >= 4 is 40.6 Å². The Bertz CT molecular complexity index is 880. The normalized spacial score (nSPS) is 10.4. The SMILES string of the molecule is O=C(CCCNC(=O)c1ccsc1)Nc1ccccc1Sc1ccccc1. The van der Waals surface area contributed by atoms with Crippen LogP contribution in [0.4, 0.5) is 5.69 Å². The first-order chi connectivity index (χ1) is 13.2. The third-order valence-electron chi connectivity index (χ3n) is 3.78. The topological polar surface area (TPSA) is 58.2 Å². The van der Waals surface area contributed by atoms with Gasteiger partial charge in [-0.3, -0.25) is 9.59 Å². The minimum absolute atomic E-state index is 0.0547. The van der Waals surface area contributed by atoms with E-state index in [0.29, 0.717) is 24.9 Å². The molecule has 0 aliphatic carbocycles. The third kappa shape index (κ3) is 5.98. The van der Waals surface area contributed by atoms with E-state index in [9.17, 15) is 9.59 Å². The molecule has 0 aliphatic heterocycles. The highest BCUT2D eigenvalue weighted by Crippen LogP contribution is 2.33. The summed E-state index contributed by atoms with van der Waals surface area (Å²) in [5.74, 6) is -0.151. The summed E-state index contributed by atoms with van der Waals surface area (Å²) >= 11 is 3.10. The highest BCUT2D eigenvalue weighted by molar-refractivity contribution is 7.99. The predicted octanol–water partition coefficient (Wildman–Crippen LogP) is 5.05. The van der Waals surface area contributed by atoms with Crippen LogP contribution in [-0.4, -0.2) is 18.4 Å². The summed E-state index contributed by atoms with van der Waals surface area (Å²) in [6.45, 7) is 0.475. The lowest BCUT2D eigenvalue weighted by atomic mass is 10.2. The van der Waals surface area contributed by atoms with E-state index in [1.54, 1.807) is 17.8 Å². The second-order valence-electron chi connectivity index (χ2n) is 5.83. The lowest BCUT2D eigenvalue weighted by molar-refractivity contribution is -0.116. The van der Waals surface area contributed by atoms with Crippen LogP contribution in [0.1, 0.15) is 23.2 Å². The van der Waals surface area contributed by atoms with E-state index in [1.807, 2.05) is 65.4 Å². The molecule has 0 atom stereocenters. The Morgan fingerprint density at radius 3 is 2.52 bits per heavy atom. The van der Waals surface area contributed by atoms with Gasteiger partial charge in [-0.1, -0.05) is 42.1 Å². The molecule has 0 saturated heterocycles. The van der Waals surface area contributed by atoms with Crippen molar-refractivity contribution in [2.75, 3.05) is 11.9 Å². The number of thiophene rings is 1. The molecule has 27 heavy (non-hydrogen) atoms. The quantitative estimate of drug-likeness (QED) is 0.524. The van der Waals surface area contributed by atoms with E-state index in [1.165, 1.54) is 11.3 Å². The van der Waals surface area contributed by atoms with Crippen LogP contribution in [0.5, 0.6) is 0 Å². The second kappa shape index (κ2) is 9.94. The zero-order valence-corrected chi connectivity index (χ0v) is 16.3. The molecule has 3 aromatic rings. The molecule has 4 nitrogen and oxygen atoms in total. The molecule has 3 rings (SSSR count). The lowest BCUT2D eigenvalue weighted by Gasteiger charge is -2.11. The third-order valence-corrected chi connectivity index (χ3v) is 5.55. The van der Waals surface area contributed by atoms with E-state index >= 15 is 0 Å². The summed E-state index contributed by atoms with van der Waals surface area (Å²) < 4.78 is 0. The molecule has 0 spiro atoms. The van der Waals surface area contributed by atoms with Crippen molar-refractivity contribution in [2.45, 2.75) is 22.6 Å². The number of benzene rings is 2. The van der Waals surface area contributed by atoms with Gasteiger partial charge >= 0.3 is 0 Å². The Balaban J connectivity index is 1.47. The van der Waals surface area contributed by atoms with Crippen molar-refractivity contribution < 1.29 is 9.59 Å². The lowest BCUT2D eigenvalue weighted by Crippen LogP contribution is -2.25. The van der Waals surface area contributed by atoms with Gasteiger partial charge in [-0.15, -0.1) is 0 Å². The second-order valence-corrected chi connectivity index (χ2v) is 7.73. The number of hydrogen-bond donors (Lipinski definition) is 2. The molecule has 0 radical (unpaired) electrons. The molecule has 6 heteroatoms.